The van der Waals surface area contributed by atoms with E-state index in [1.54, 1.807) is 4.90 Å². The second-order valence-electron chi connectivity index (χ2n) is 12.7. The number of benzene rings is 1. The summed E-state index contributed by atoms with van der Waals surface area (Å²) in [5.41, 5.74) is 5.07. The topological polar surface area (TPSA) is 88.8 Å². The number of nitriles is 1. The summed E-state index contributed by atoms with van der Waals surface area (Å²) >= 11 is 0. The first kappa shape index (κ1) is 29.4. The van der Waals surface area contributed by atoms with Gasteiger partial charge in [0.2, 0.25) is 5.91 Å². The molecular formula is C34H45N7O2. The number of piperazine rings is 1. The van der Waals surface area contributed by atoms with Crippen molar-refractivity contribution in [3.63, 3.8) is 0 Å². The molecule has 0 radical (unpaired) electrons. The smallest absolute Gasteiger partial charge is 0.318 e. The lowest BCUT2D eigenvalue weighted by Crippen LogP contribution is -2.55. The van der Waals surface area contributed by atoms with Gasteiger partial charge in [-0.05, 0) is 76.6 Å². The first-order chi connectivity index (χ1) is 21.0. The van der Waals surface area contributed by atoms with E-state index < -0.39 is 0 Å². The summed E-state index contributed by atoms with van der Waals surface area (Å²) in [6, 6.07) is 12.6. The first-order valence-electron chi connectivity index (χ1n) is 16.1. The molecule has 1 aromatic carbocycles. The minimum Gasteiger partial charge on any atom is -0.462 e. The van der Waals surface area contributed by atoms with Crippen LogP contribution in [-0.2, 0) is 24.1 Å². The maximum atomic E-state index is 12.6. The van der Waals surface area contributed by atoms with E-state index in [1.165, 1.54) is 35.7 Å². The molecule has 1 amide bonds. The molecule has 4 aliphatic rings. The summed E-state index contributed by atoms with van der Waals surface area (Å²) < 4.78 is 6.42. The molecule has 9 nitrogen and oxygen atoms in total. The number of ether oxygens (including phenoxy) is 1. The van der Waals surface area contributed by atoms with Crippen LogP contribution in [0.15, 0.2) is 36.9 Å². The van der Waals surface area contributed by atoms with Crippen LogP contribution in [0.1, 0.15) is 62.8 Å². The van der Waals surface area contributed by atoms with Crippen LogP contribution in [0.4, 0.5) is 11.5 Å². The van der Waals surface area contributed by atoms with Gasteiger partial charge in [0.25, 0.3) is 0 Å². The zero-order chi connectivity index (χ0) is 29.9. The van der Waals surface area contributed by atoms with E-state index in [9.17, 15) is 10.1 Å². The standard InChI is InChI=1S/C34H45N7O2/c1-4-32(42)41-20-19-38(22-27(41)15-16-35)33-29-14-13-26(40-18-7-10-25-9-5-6-12-31(25)40)21-30(29)36-34(37-33)43-23-28-11-8-17-39(28)24(2)3/h4-6,9,12,24,26-28H,1,7-8,10-11,13-15,17-23H2,2-3H3/t26-,27+,28+/m1/s1. The molecule has 0 saturated carbocycles. The van der Waals surface area contributed by atoms with E-state index >= 15 is 0 Å². The number of carbonyl (C=O) groups is 1. The van der Waals surface area contributed by atoms with E-state index in [0.717, 1.165) is 56.7 Å². The number of carbonyl (C=O) groups excluding carboxylic acids is 1. The molecule has 0 unspecified atom stereocenters. The number of para-hydroxylation sites is 1. The predicted octanol–water partition coefficient (Wildman–Crippen LogP) is 4.16. The summed E-state index contributed by atoms with van der Waals surface area (Å²) in [7, 11) is 0. The third-order valence-corrected chi connectivity index (χ3v) is 9.85. The van der Waals surface area contributed by atoms with Crippen molar-refractivity contribution in [1.29, 1.82) is 5.26 Å². The SMILES string of the molecule is C=CC(=O)N1CCN(c2nc(OC[C@@H]3CCCN3C(C)C)nc3c2CC[C@@H](N2CCCc4ccccc42)C3)C[C@@H]1CC#N. The van der Waals surface area contributed by atoms with Crippen LogP contribution >= 0.6 is 0 Å². The number of aromatic nitrogens is 2. The van der Waals surface area contributed by atoms with Gasteiger partial charge < -0.3 is 19.4 Å². The van der Waals surface area contributed by atoms with Crippen molar-refractivity contribution in [2.75, 3.05) is 49.1 Å². The average Bonchev–Trinajstić information content (AvgIpc) is 3.52. The molecule has 2 saturated heterocycles. The fourth-order valence-electron chi connectivity index (χ4n) is 7.71. The van der Waals surface area contributed by atoms with Crippen LogP contribution in [0.5, 0.6) is 6.01 Å². The highest BCUT2D eigenvalue weighted by Gasteiger charge is 2.35. The highest BCUT2D eigenvalue weighted by molar-refractivity contribution is 5.87. The second-order valence-corrected chi connectivity index (χ2v) is 12.7. The van der Waals surface area contributed by atoms with Gasteiger partial charge in [-0.3, -0.25) is 9.69 Å². The Morgan fingerprint density at radius 1 is 1.12 bits per heavy atom. The average molecular weight is 584 g/mol. The number of hydrogen-bond acceptors (Lipinski definition) is 8. The number of anilines is 2. The molecule has 6 rings (SSSR count). The molecule has 4 heterocycles. The van der Waals surface area contributed by atoms with Crippen molar-refractivity contribution in [3.05, 3.63) is 53.7 Å². The Kier molecular flexibility index (Phi) is 8.85. The van der Waals surface area contributed by atoms with E-state index in [-0.39, 0.29) is 18.4 Å². The molecule has 9 heteroatoms. The fraction of sp³-hybridized carbons (Fsp3) is 0.588. The minimum absolute atomic E-state index is 0.121. The van der Waals surface area contributed by atoms with Gasteiger partial charge in [0.1, 0.15) is 12.4 Å². The third-order valence-electron chi connectivity index (χ3n) is 9.85. The Balaban J connectivity index is 1.29. The van der Waals surface area contributed by atoms with Crippen molar-refractivity contribution >= 4 is 17.4 Å². The molecule has 0 N–H and O–H groups in total. The summed E-state index contributed by atoms with van der Waals surface area (Å²) in [5, 5.41) is 9.55. The summed E-state index contributed by atoms with van der Waals surface area (Å²) in [6.45, 7) is 12.7. The van der Waals surface area contributed by atoms with Crippen molar-refractivity contribution in [2.45, 2.75) is 89.4 Å². The zero-order valence-electron chi connectivity index (χ0n) is 25.7. The molecule has 1 aromatic heterocycles. The van der Waals surface area contributed by atoms with Gasteiger partial charge in [0, 0.05) is 62.0 Å². The van der Waals surface area contributed by atoms with Crippen LogP contribution in [0, 0.1) is 11.3 Å². The van der Waals surface area contributed by atoms with E-state index in [4.69, 9.17) is 14.7 Å². The normalized spacial score (nSPS) is 24.0. The number of rotatable bonds is 8. The van der Waals surface area contributed by atoms with Crippen LogP contribution in [0.3, 0.4) is 0 Å². The highest BCUT2D eigenvalue weighted by Crippen LogP contribution is 2.37. The number of amides is 1. The molecule has 0 spiro atoms. The van der Waals surface area contributed by atoms with Crippen molar-refractivity contribution < 1.29 is 9.53 Å². The first-order valence-corrected chi connectivity index (χ1v) is 16.1. The molecule has 43 heavy (non-hydrogen) atoms. The van der Waals surface area contributed by atoms with Gasteiger partial charge >= 0.3 is 6.01 Å². The van der Waals surface area contributed by atoms with Crippen LogP contribution < -0.4 is 14.5 Å². The largest absolute Gasteiger partial charge is 0.462 e. The van der Waals surface area contributed by atoms with Crippen molar-refractivity contribution in [3.8, 4) is 12.1 Å². The lowest BCUT2D eigenvalue weighted by atomic mass is 9.88. The van der Waals surface area contributed by atoms with Gasteiger partial charge in [0.15, 0.2) is 0 Å². The summed E-state index contributed by atoms with van der Waals surface area (Å²) in [4.78, 5) is 31.9. The number of likely N-dealkylation sites (tertiary alicyclic amines) is 1. The Morgan fingerprint density at radius 2 is 1.98 bits per heavy atom. The maximum absolute atomic E-state index is 12.6. The molecule has 1 aliphatic carbocycles. The van der Waals surface area contributed by atoms with E-state index in [0.29, 0.717) is 50.4 Å². The van der Waals surface area contributed by atoms with E-state index in [2.05, 4.69) is 65.5 Å². The number of aryl methyl sites for hydroxylation is 1. The Morgan fingerprint density at radius 3 is 2.79 bits per heavy atom. The minimum atomic E-state index is -0.210. The summed E-state index contributed by atoms with van der Waals surface area (Å²) in [6.07, 6.45) is 9.04. The van der Waals surface area contributed by atoms with Crippen molar-refractivity contribution in [1.82, 2.24) is 19.8 Å². The van der Waals surface area contributed by atoms with Gasteiger partial charge in [-0.25, -0.2) is 0 Å². The van der Waals surface area contributed by atoms with Gasteiger partial charge in [-0.2, -0.15) is 15.2 Å². The van der Waals surface area contributed by atoms with Gasteiger partial charge in [-0.15, -0.1) is 0 Å². The fourth-order valence-corrected chi connectivity index (χ4v) is 7.71. The zero-order valence-corrected chi connectivity index (χ0v) is 25.7. The van der Waals surface area contributed by atoms with Crippen molar-refractivity contribution in [2.24, 2.45) is 0 Å². The molecule has 228 valence electrons. The molecular weight excluding hydrogens is 538 g/mol. The second kappa shape index (κ2) is 12.9. The van der Waals surface area contributed by atoms with Gasteiger partial charge in [0.05, 0.1) is 24.2 Å². The van der Waals surface area contributed by atoms with Gasteiger partial charge in [-0.1, -0.05) is 24.8 Å². The lowest BCUT2D eigenvalue weighted by Gasteiger charge is -2.43. The van der Waals surface area contributed by atoms with E-state index in [1.807, 2.05) is 0 Å². The van der Waals surface area contributed by atoms with Crippen LogP contribution in [-0.4, -0.2) is 89.2 Å². The monoisotopic (exact) mass is 583 g/mol. The lowest BCUT2D eigenvalue weighted by molar-refractivity contribution is -0.128. The highest BCUT2D eigenvalue weighted by atomic mass is 16.5. The summed E-state index contributed by atoms with van der Waals surface area (Å²) in [5.74, 6) is 0.794. The third kappa shape index (κ3) is 6.08. The Labute approximate surface area is 256 Å². The Hall–Kier alpha value is -3.64. The number of nitrogens with zero attached hydrogens (tertiary/aromatic N) is 7. The molecule has 3 aliphatic heterocycles. The van der Waals surface area contributed by atoms with Crippen LogP contribution in [0.2, 0.25) is 0 Å². The molecule has 2 fully saturated rings. The van der Waals surface area contributed by atoms with Crippen LogP contribution in [0.25, 0.3) is 0 Å². The molecule has 2 aromatic rings. The Bertz CT molecular complexity index is 1370. The quantitative estimate of drug-likeness (QED) is 0.429. The molecule has 0 bridgehead atoms. The maximum Gasteiger partial charge on any atom is 0.318 e. The number of fused-ring (bicyclic) bond motifs is 2. The number of hydrogen-bond donors (Lipinski definition) is 0. The molecule has 3 atom stereocenters. The predicted molar refractivity (Wildman–Crippen MR) is 168 cm³/mol.